The normalized spacial score (nSPS) is 26.0. The molecule has 5 heteroatoms. The van der Waals surface area contributed by atoms with E-state index in [2.05, 4.69) is 24.2 Å². The van der Waals surface area contributed by atoms with Gasteiger partial charge in [0.15, 0.2) is 0 Å². The van der Waals surface area contributed by atoms with Gasteiger partial charge in [-0.2, -0.15) is 0 Å². The molecule has 0 radical (unpaired) electrons. The molecular formula is C20H24N2O2S. The van der Waals surface area contributed by atoms with Gasteiger partial charge < -0.3 is 10.2 Å². The summed E-state index contributed by atoms with van der Waals surface area (Å²) in [5.41, 5.74) is 2.36. The van der Waals surface area contributed by atoms with Gasteiger partial charge in [0.2, 0.25) is 9.84 Å². The van der Waals surface area contributed by atoms with Gasteiger partial charge in [-0.1, -0.05) is 25.1 Å². The van der Waals surface area contributed by atoms with Crippen LogP contribution in [0, 0.1) is 5.92 Å². The van der Waals surface area contributed by atoms with E-state index in [1.54, 1.807) is 30.3 Å². The van der Waals surface area contributed by atoms with E-state index in [4.69, 9.17) is 0 Å². The zero-order chi connectivity index (χ0) is 17.6. The van der Waals surface area contributed by atoms with Crippen molar-refractivity contribution in [2.45, 2.75) is 35.1 Å². The van der Waals surface area contributed by atoms with Crippen LogP contribution in [0.25, 0.3) is 0 Å². The number of fused-ring (bicyclic) bond motifs is 3. The molecule has 0 spiro atoms. The molecule has 2 aliphatic heterocycles. The Morgan fingerprint density at radius 2 is 1.84 bits per heavy atom. The highest BCUT2D eigenvalue weighted by molar-refractivity contribution is 7.91. The maximum Gasteiger partial charge on any atom is 0.206 e. The smallest absolute Gasteiger partial charge is 0.206 e. The Balaban J connectivity index is 1.79. The van der Waals surface area contributed by atoms with Crippen LogP contribution in [0.2, 0.25) is 0 Å². The van der Waals surface area contributed by atoms with Crippen molar-refractivity contribution in [3.8, 4) is 0 Å². The zero-order valence-electron chi connectivity index (χ0n) is 14.6. The van der Waals surface area contributed by atoms with Crippen molar-refractivity contribution in [3.05, 3.63) is 54.1 Å². The third kappa shape index (κ3) is 2.66. The minimum absolute atomic E-state index is 0.355. The number of hydrogen-bond donors (Lipinski definition) is 1. The molecule has 0 aliphatic carbocycles. The van der Waals surface area contributed by atoms with Crippen molar-refractivity contribution >= 4 is 15.5 Å². The molecule has 2 aromatic rings. The summed E-state index contributed by atoms with van der Waals surface area (Å²) >= 11 is 0. The fraction of sp³-hybridized carbons (Fsp3) is 0.400. The van der Waals surface area contributed by atoms with Gasteiger partial charge in [0.05, 0.1) is 9.79 Å². The van der Waals surface area contributed by atoms with E-state index in [1.165, 1.54) is 11.3 Å². The molecule has 25 heavy (non-hydrogen) atoms. The second-order valence-corrected chi connectivity index (χ2v) is 9.16. The Morgan fingerprint density at radius 1 is 1.08 bits per heavy atom. The molecule has 3 atom stereocenters. The maximum atomic E-state index is 13.0. The van der Waals surface area contributed by atoms with Crippen LogP contribution in [-0.2, 0) is 9.84 Å². The number of rotatable bonds is 2. The standard InChI is InChI=1S/C20H24N2O2S/c1-14-13-21-11-10-17-18-12-16(8-9-19(18)22(2)20(14)17)25(23,24)15-6-4-3-5-7-15/h3-9,12,14,17,20-21H,10-11,13H2,1-2H3/t14?,17-,20-/m0/s1. The van der Waals surface area contributed by atoms with Gasteiger partial charge in [-0.15, -0.1) is 0 Å². The molecule has 0 bridgehead atoms. The maximum absolute atomic E-state index is 13.0. The lowest BCUT2D eigenvalue weighted by atomic mass is 9.86. The highest BCUT2D eigenvalue weighted by atomic mass is 32.2. The van der Waals surface area contributed by atoms with Crippen LogP contribution in [0.4, 0.5) is 5.69 Å². The van der Waals surface area contributed by atoms with E-state index in [0.29, 0.717) is 27.7 Å². The molecule has 2 aromatic carbocycles. The first-order valence-electron chi connectivity index (χ1n) is 8.88. The van der Waals surface area contributed by atoms with Gasteiger partial charge in [0, 0.05) is 24.7 Å². The monoisotopic (exact) mass is 356 g/mol. The highest BCUT2D eigenvalue weighted by Gasteiger charge is 2.41. The molecule has 4 rings (SSSR count). The van der Waals surface area contributed by atoms with Crippen molar-refractivity contribution in [3.63, 3.8) is 0 Å². The average molecular weight is 356 g/mol. The number of likely N-dealkylation sites (N-methyl/N-ethyl adjacent to an activating group) is 1. The second-order valence-electron chi connectivity index (χ2n) is 7.22. The summed E-state index contributed by atoms with van der Waals surface area (Å²) in [6.45, 7) is 4.27. The molecule has 1 fully saturated rings. The quantitative estimate of drug-likeness (QED) is 0.898. The Labute approximate surface area is 149 Å². The van der Waals surface area contributed by atoms with Crippen molar-refractivity contribution in [1.82, 2.24) is 5.32 Å². The van der Waals surface area contributed by atoms with Crippen molar-refractivity contribution in [2.75, 3.05) is 25.0 Å². The van der Waals surface area contributed by atoms with Crippen LogP contribution in [0.5, 0.6) is 0 Å². The van der Waals surface area contributed by atoms with Gasteiger partial charge in [0.25, 0.3) is 0 Å². The van der Waals surface area contributed by atoms with Gasteiger partial charge >= 0.3 is 0 Å². The molecule has 2 heterocycles. The SMILES string of the molecule is CC1CNCC[C@H]2c3cc(S(=O)(=O)c4ccccc4)ccc3N(C)[C@@H]12. The van der Waals surface area contributed by atoms with Gasteiger partial charge in [0.1, 0.15) is 0 Å². The Hall–Kier alpha value is -1.85. The summed E-state index contributed by atoms with van der Waals surface area (Å²) in [4.78, 5) is 3.10. The van der Waals surface area contributed by atoms with Gasteiger partial charge in [-0.3, -0.25) is 0 Å². The molecule has 1 saturated heterocycles. The van der Waals surface area contributed by atoms with Gasteiger partial charge in [-0.25, -0.2) is 8.42 Å². The lowest BCUT2D eigenvalue weighted by Crippen LogP contribution is -2.38. The van der Waals surface area contributed by atoms with E-state index in [1.807, 2.05) is 18.2 Å². The average Bonchev–Trinajstić information content (AvgIpc) is 2.77. The lowest BCUT2D eigenvalue weighted by Gasteiger charge is -2.30. The number of benzene rings is 2. The minimum atomic E-state index is -3.47. The molecule has 4 nitrogen and oxygen atoms in total. The summed E-state index contributed by atoms with van der Waals surface area (Å²) in [5.74, 6) is 0.912. The summed E-state index contributed by atoms with van der Waals surface area (Å²) in [6.07, 6.45) is 1.04. The summed E-state index contributed by atoms with van der Waals surface area (Å²) in [5, 5.41) is 3.50. The summed E-state index contributed by atoms with van der Waals surface area (Å²) in [6, 6.07) is 14.8. The van der Waals surface area contributed by atoms with Crippen LogP contribution < -0.4 is 10.2 Å². The second kappa shape index (κ2) is 6.15. The molecule has 0 saturated carbocycles. The molecule has 0 amide bonds. The number of hydrogen-bond acceptors (Lipinski definition) is 4. The fourth-order valence-corrected chi connectivity index (χ4v) is 5.80. The van der Waals surface area contributed by atoms with E-state index in [9.17, 15) is 8.42 Å². The first-order valence-corrected chi connectivity index (χ1v) is 10.4. The van der Waals surface area contributed by atoms with Crippen LogP contribution in [-0.4, -0.2) is 34.6 Å². The summed E-state index contributed by atoms with van der Waals surface area (Å²) < 4.78 is 26.0. The molecule has 2 aliphatic rings. The van der Waals surface area contributed by atoms with E-state index >= 15 is 0 Å². The largest absolute Gasteiger partial charge is 0.370 e. The zero-order valence-corrected chi connectivity index (χ0v) is 15.5. The number of nitrogens with zero attached hydrogens (tertiary/aromatic N) is 1. The Morgan fingerprint density at radius 3 is 2.60 bits per heavy atom. The van der Waals surface area contributed by atoms with Gasteiger partial charge in [-0.05, 0) is 61.3 Å². The predicted molar refractivity (Wildman–Crippen MR) is 99.9 cm³/mol. The molecule has 132 valence electrons. The van der Waals surface area contributed by atoms with E-state index < -0.39 is 9.84 Å². The van der Waals surface area contributed by atoms with Crippen LogP contribution in [0.1, 0.15) is 24.8 Å². The van der Waals surface area contributed by atoms with Crippen molar-refractivity contribution < 1.29 is 8.42 Å². The minimum Gasteiger partial charge on any atom is -0.370 e. The molecular weight excluding hydrogens is 332 g/mol. The lowest BCUT2D eigenvalue weighted by molar-refractivity contribution is 0.417. The van der Waals surface area contributed by atoms with E-state index in [-0.39, 0.29) is 0 Å². The first kappa shape index (κ1) is 16.6. The van der Waals surface area contributed by atoms with Crippen LogP contribution >= 0.6 is 0 Å². The Bertz CT molecular complexity index is 880. The number of anilines is 1. The first-order chi connectivity index (χ1) is 12.0. The Kier molecular flexibility index (Phi) is 4.08. The highest BCUT2D eigenvalue weighted by Crippen LogP contribution is 2.46. The third-order valence-corrected chi connectivity index (χ3v) is 7.45. The summed E-state index contributed by atoms with van der Waals surface area (Å²) in [7, 11) is -1.34. The third-order valence-electron chi connectivity index (χ3n) is 5.68. The predicted octanol–water partition coefficient (Wildman–Crippen LogP) is 3.05. The molecule has 0 aromatic heterocycles. The topological polar surface area (TPSA) is 49.4 Å². The van der Waals surface area contributed by atoms with Crippen LogP contribution in [0.3, 0.4) is 0 Å². The number of sulfone groups is 1. The molecule has 1 unspecified atom stereocenters. The fourth-order valence-electron chi connectivity index (χ4n) is 4.48. The van der Waals surface area contributed by atoms with Crippen LogP contribution in [0.15, 0.2) is 58.3 Å². The van der Waals surface area contributed by atoms with Crippen molar-refractivity contribution in [2.24, 2.45) is 5.92 Å². The van der Waals surface area contributed by atoms with E-state index in [0.717, 1.165) is 19.5 Å². The molecule has 1 N–H and O–H groups in total. The number of nitrogens with one attached hydrogen (secondary N) is 1. The van der Waals surface area contributed by atoms with Crippen molar-refractivity contribution in [1.29, 1.82) is 0 Å².